The van der Waals surface area contributed by atoms with Crippen LogP contribution in [-0.2, 0) is 4.79 Å². The molecule has 0 aliphatic carbocycles. The van der Waals surface area contributed by atoms with Crippen molar-refractivity contribution < 1.29 is 9.18 Å². The first-order chi connectivity index (χ1) is 16.4. The topological polar surface area (TPSA) is 72.2 Å². The predicted octanol–water partition coefficient (Wildman–Crippen LogP) is 6.39. The predicted molar refractivity (Wildman–Crippen MR) is 137 cm³/mol. The number of nitrogens with zero attached hydrogens (tertiary/aromatic N) is 4. The molecule has 4 aromatic rings. The van der Waals surface area contributed by atoms with Crippen LogP contribution in [0, 0.1) is 5.82 Å². The Morgan fingerprint density at radius 3 is 2.44 bits per heavy atom. The van der Waals surface area contributed by atoms with Gasteiger partial charge in [-0.15, -0.1) is 10.2 Å². The lowest BCUT2D eigenvalue weighted by Gasteiger charge is -2.10. The van der Waals surface area contributed by atoms with Gasteiger partial charge >= 0.3 is 0 Å². The van der Waals surface area contributed by atoms with E-state index < -0.39 is 5.82 Å². The van der Waals surface area contributed by atoms with E-state index in [1.807, 2.05) is 28.8 Å². The van der Waals surface area contributed by atoms with E-state index in [1.54, 1.807) is 36.4 Å². The minimum atomic E-state index is -0.443. The summed E-state index contributed by atoms with van der Waals surface area (Å²) >= 11 is 16.5. The monoisotopic (exact) mass is 577 g/mol. The van der Waals surface area contributed by atoms with Gasteiger partial charge in [0, 0.05) is 31.3 Å². The first-order valence-electron chi connectivity index (χ1n) is 9.78. The Morgan fingerprint density at radius 1 is 1.06 bits per heavy atom. The fourth-order valence-electron chi connectivity index (χ4n) is 2.92. The van der Waals surface area contributed by atoms with Gasteiger partial charge < -0.3 is 0 Å². The van der Waals surface area contributed by atoms with Crippen molar-refractivity contribution in [2.75, 3.05) is 5.75 Å². The lowest BCUT2D eigenvalue weighted by Crippen LogP contribution is -2.20. The van der Waals surface area contributed by atoms with E-state index in [0.717, 1.165) is 11.3 Å². The summed E-state index contributed by atoms with van der Waals surface area (Å²) in [6.45, 7) is 0. The summed E-state index contributed by atoms with van der Waals surface area (Å²) in [4.78, 5) is 12.3. The van der Waals surface area contributed by atoms with Crippen molar-refractivity contribution in [1.29, 1.82) is 0 Å². The third-order valence-electron chi connectivity index (χ3n) is 4.50. The molecule has 0 saturated carbocycles. The van der Waals surface area contributed by atoms with Gasteiger partial charge in [-0.05, 0) is 66.7 Å². The van der Waals surface area contributed by atoms with Gasteiger partial charge in [-0.1, -0.05) is 50.9 Å². The quantitative estimate of drug-likeness (QED) is 0.157. The van der Waals surface area contributed by atoms with Crippen LogP contribution in [-0.4, -0.2) is 32.6 Å². The number of hydrazone groups is 1. The number of carbonyl (C=O) groups is 1. The van der Waals surface area contributed by atoms with E-state index in [-0.39, 0.29) is 17.2 Å². The molecule has 1 N–H and O–H groups in total. The molecule has 3 aromatic carbocycles. The maximum atomic E-state index is 13.8. The highest BCUT2D eigenvalue weighted by Crippen LogP contribution is 2.29. The van der Waals surface area contributed by atoms with Crippen LogP contribution in [0.1, 0.15) is 5.56 Å². The molecule has 1 amide bonds. The summed E-state index contributed by atoms with van der Waals surface area (Å²) in [6, 6.07) is 18.9. The van der Waals surface area contributed by atoms with Gasteiger partial charge in [0.2, 0.25) is 0 Å². The highest BCUT2D eigenvalue weighted by atomic mass is 79.9. The number of hydrogen-bond donors (Lipinski definition) is 1. The van der Waals surface area contributed by atoms with E-state index in [9.17, 15) is 9.18 Å². The third kappa shape index (κ3) is 6.04. The molecule has 0 aliphatic rings. The summed E-state index contributed by atoms with van der Waals surface area (Å²) in [7, 11) is 0. The maximum absolute atomic E-state index is 13.8. The molecule has 4 rings (SSSR count). The number of thioether (sulfide) groups is 1. The Hall–Kier alpha value is -2.72. The number of benzene rings is 3. The first kappa shape index (κ1) is 24.4. The van der Waals surface area contributed by atoms with Gasteiger partial charge in [0.25, 0.3) is 5.91 Å². The number of hydrogen-bond acceptors (Lipinski definition) is 5. The second-order valence-corrected chi connectivity index (χ2v) is 9.60. The van der Waals surface area contributed by atoms with Crippen LogP contribution in [0.2, 0.25) is 10.0 Å². The largest absolute Gasteiger partial charge is 0.272 e. The Morgan fingerprint density at radius 2 is 1.74 bits per heavy atom. The summed E-state index contributed by atoms with van der Waals surface area (Å²) in [5, 5.41) is 14.1. The molecule has 0 aliphatic heterocycles. The van der Waals surface area contributed by atoms with Gasteiger partial charge in [0.05, 0.1) is 12.0 Å². The van der Waals surface area contributed by atoms with Crippen molar-refractivity contribution in [1.82, 2.24) is 20.2 Å². The van der Waals surface area contributed by atoms with Crippen molar-refractivity contribution >= 4 is 63.0 Å². The zero-order valence-electron chi connectivity index (χ0n) is 17.3. The Labute approximate surface area is 217 Å². The Balaban J connectivity index is 1.51. The van der Waals surface area contributed by atoms with Crippen LogP contribution < -0.4 is 5.43 Å². The molecule has 1 heterocycles. The fraction of sp³-hybridized carbons (Fsp3) is 0.0435. The number of nitrogens with one attached hydrogen (secondary N) is 1. The van der Waals surface area contributed by atoms with Crippen molar-refractivity contribution in [3.8, 4) is 17.1 Å². The van der Waals surface area contributed by atoms with Gasteiger partial charge in [0.15, 0.2) is 11.0 Å². The second-order valence-electron chi connectivity index (χ2n) is 6.87. The number of halogens is 4. The smallest absolute Gasteiger partial charge is 0.250 e. The van der Waals surface area contributed by atoms with Crippen LogP contribution >= 0.6 is 50.9 Å². The van der Waals surface area contributed by atoms with E-state index in [0.29, 0.717) is 25.5 Å². The van der Waals surface area contributed by atoms with Crippen LogP contribution in [0.3, 0.4) is 0 Å². The minimum absolute atomic E-state index is 0.0185. The van der Waals surface area contributed by atoms with Crippen molar-refractivity contribution in [2.45, 2.75) is 5.16 Å². The lowest BCUT2D eigenvalue weighted by molar-refractivity contribution is -0.118. The average Bonchev–Trinajstić information content (AvgIpc) is 3.25. The zero-order valence-corrected chi connectivity index (χ0v) is 21.2. The molecule has 0 bridgehead atoms. The number of rotatable bonds is 7. The van der Waals surface area contributed by atoms with Crippen molar-refractivity contribution in [3.05, 3.63) is 92.6 Å². The van der Waals surface area contributed by atoms with Gasteiger partial charge in [-0.2, -0.15) is 5.10 Å². The molecule has 0 atom stereocenters. The molecule has 0 fully saturated rings. The number of amides is 1. The summed E-state index contributed by atoms with van der Waals surface area (Å²) in [5.41, 5.74) is 4.24. The molecule has 34 heavy (non-hydrogen) atoms. The van der Waals surface area contributed by atoms with Gasteiger partial charge in [0.1, 0.15) is 5.82 Å². The van der Waals surface area contributed by atoms with E-state index in [2.05, 4.69) is 36.7 Å². The Bertz CT molecular complexity index is 1350. The zero-order chi connectivity index (χ0) is 24.1. The minimum Gasteiger partial charge on any atom is -0.272 e. The highest BCUT2D eigenvalue weighted by Gasteiger charge is 2.17. The molecule has 0 saturated heterocycles. The normalized spacial score (nSPS) is 11.2. The maximum Gasteiger partial charge on any atom is 0.250 e. The molecule has 0 unspecified atom stereocenters. The van der Waals surface area contributed by atoms with Gasteiger partial charge in [-0.25, -0.2) is 9.82 Å². The van der Waals surface area contributed by atoms with Crippen molar-refractivity contribution in [3.63, 3.8) is 0 Å². The molecule has 6 nitrogen and oxygen atoms in total. The lowest BCUT2D eigenvalue weighted by atomic mass is 10.2. The molecule has 0 spiro atoms. The van der Waals surface area contributed by atoms with Crippen LogP contribution in [0.15, 0.2) is 81.5 Å². The molecule has 11 heteroatoms. The van der Waals surface area contributed by atoms with Crippen molar-refractivity contribution in [2.24, 2.45) is 5.10 Å². The first-order valence-corrected chi connectivity index (χ1v) is 12.3. The molecular formula is C23H15BrCl2FN5OS. The summed E-state index contributed by atoms with van der Waals surface area (Å²) < 4.78 is 16.3. The number of aromatic nitrogens is 3. The van der Waals surface area contributed by atoms with Crippen LogP contribution in [0.25, 0.3) is 17.1 Å². The summed E-state index contributed by atoms with van der Waals surface area (Å²) in [5.74, 6) is -0.216. The second kappa shape index (κ2) is 11.1. The van der Waals surface area contributed by atoms with E-state index >= 15 is 0 Å². The SMILES string of the molecule is O=C(CSc1nnc(-c2ccc(Cl)cc2)n1-c1ccc(Cl)cc1)N/N=C/c1cc(Br)ccc1F. The molecule has 1 aromatic heterocycles. The molecule has 172 valence electrons. The molecular weight excluding hydrogens is 564 g/mol. The van der Waals surface area contributed by atoms with Crippen LogP contribution in [0.5, 0.6) is 0 Å². The average molecular weight is 579 g/mol. The van der Waals surface area contributed by atoms with Gasteiger partial charge in [-0.3, -0.25) is 9.36 Å². The fourth-order valence-corrected chi connectivity index (χ4v) is 4.30. The van der Waals surface area contributed by atoms with Crippen LogP contribution in [0.4, 0.5) is 4.39 Å². The molecule has 0 radical (unpaired) electrons. The highest BCUT2D eigenvalue weighted by molar-refractivity contribution is 9.10. The third-order valence-corrected chi connectivity index (χ3v) is 6.43. The standard InChI is InChI=1S/C23H15BrCl2FN5OS/c24-16-3-10-20(27)15(11-16)12-28-29-21(33)13-34-23-31-30-22(14-1-4-17(25)5-2-14)32(23)19-8-6-18(26)7-9-19/h1-12H,13H2,(H,29,33)/b28-12+. The number of carbonyl (C=O) groups excluding carboxylic acids is 1. The van der Waals surface area contributed by atoms with E-state index in [4.69, 9.17) is 23.2 Å². The Kier molecular flexibility index (Phi) is 7.99. The van der Waals surface area contributed by atoms with E-state index in [1.165, 1.54) is 24.0 Å². The summed E-state index contributed by atoms with van der Waals surface area (Å²) in [6.07, 6.45) is 1.25.